The number of guanidine groups is 1. The molecule has 5 nitrogen and oxygen atoms in total. The van der Waals surface area contributed by atoms with Crippen molar-refractivity contribution in [3.05, 3.63) is 36.7 Å². The highest BCUT2D eigenvalue weighted by Gasteiger charge is 2.35. The third kappa shape index (κ3) is 1.15. The van der Waals surface area contributed by atoms with Gasteiger partial charge >= 0.3 is 0 Å². The molecule has 4 aliphatic heterocycles. The summed E-state index contributed by atoms with van der Waals surface area (Å²) >= 11 is 0. The van der Waals surface area contributed by atoms with E-state index in [9.17, 15) is 0 Å². The molecule has 0 bridgehead atoms. The quantitative estimate of drug-likeness (QED) is 0.607. The third-order valence-electron chi connectivity index (χ3n) is 2.67. The van der Waals surface area contributed by atoms with Crippen LogP contribution in [0.3, 0.4) is 0 Å². The van der Waals surface area contributed by atoms with Gasteiger partial charge in [-0.2, -0.15) is 4.99 Å². The van der Waals surface area contributed by atoms with Gasteiger partial charge in [-0.25, -0.2) is 14.3 Å². The zero-order valence-electron chi connectivity index (χ0n) is 9.11. The van der Waals surface area contributed by atoms with Gasteiger partial charge in [-0.05, 0) is 25.2 Å². The molecule has 4 heterocycles. The predicted octanol–water partition coefficient (Wildman–Crippen LogP) is 1.63. The Morgan fingerprint density at radius 3 is 2.88 bits per heavy atom. The van der Waals surface area contributed by atoms with Crippen molar-refractivity contribution in [2.75, 3.05) is 0 Å². The van der Waals surface area contributed by atoms with E-state index in [-0.39, 0.29) is 10.9 Å². The SMILES string of the molecule is CC1=NC2=NC3=S(N4C=CC=CC4=N3)N2C=C1. The second-order valence-electron chi connectivity index (χ2n) is 3.85. The van der Waals surface area contributed by atoms with E-state index >= 15 is 0 Å². The minimum atomic E-state index is -0.272. The molecule has 0 saturated heterocycles. The Bertz CT molecular complexity index is 632. The molecule has 1 unspecified atom stereocenters. The van der Waals surface area contributed by atoms with E-state index in [1.54, 1.807) is 0 Å². The van der Waals surface area contributed by atoms with Crippen molar-refractivity contribution in [2.45, 2.75) is 6.92 Å². The van der Waals surface area contributed by atoms with Crippen LogP contribution in [-0.2, 0) is 0 Å². The molecule has 0 aliphatic carbocycles. The number of allylic oxidation sites excluding steroid dienone is 3. The van der Waals surface area contributed by atoms with Crippen LogP contribution in [-0.4, -0.2) is 31.2 Å². The molecule has 6 heteroatoms. The lowest BCUT2D eigenvalue weighted by molar-refractivity contribution is 0.828. The van der Waals surface area contributed by atoms with Crippen LogP contribution in [0, 0.1) is 0 Å². The molecule has 0 spiro atoms. The highest BCUT2D eigenvalue weighted by Crippen LogP contribution is 2.40. The van der Waals surface area contributed by atoms with Gasteiger partial charge in [-0.1, -0.05) is 6.08 Å². The van der Waals surface area contributed by atoms with E-state index in [0.717, 1.165) is 22.6 Å². The Labute approximate surface area is 101 Å². The van der Waals surface area contributed by atoms with Gasteiger partial charge in [0.15, 0.2) is 0 Å². The summed E-state index contributed by atoms with van der Waals surface area (Å²) in [6.45, 7) is 1.97. The summed E-state index contributed by atoms with van der Waals surface area (Å²) in [6, 6.07) is 0. The van der Waals surface area contributed by atoms with E-state index in [4.69, 9.17) is 0 Å². The lowest BCUT2D eigenvalue weighted by atomic mass is 10.4. The lowest BCUT2D eigenvalue weighted by Gasteiger charge is -2.27. The van der Waals surface area contributed by atoms with Crippen LogP contribution in [0.2, 0.25) is 0 Å². The fourth-order valence-electron chi connectivity index (χ4n) is 1.91. The topological polar surface area (TPSA) is 43.6 Å². The van der Waals surface area contributed by atoms with Gasteiger partial charge in [0.1, 0.15) is 5.84 Å². The minimum absolute atomic E-state index is 0.272. The van der Waals surface area contributed by atoms with Crippen LogP contribution < -0.4 is 0 Å². The van der Waals surface area contributed by atoms with Gasteiger partial charge in [-0.15, -0.1) is 0 Å². The zero-order valence-corrected chi connectivity index (χ0v) is 9.92. The van der Waals surface area contributed by atoms with Crippen molar-refractivity contribution in [1.82, 2.24) is 8.61 Å². The summed E-state index contributed by atoms with van der Waals surface area (Å²) < 4.78 is 4.20. The maximum Gasteiger partial charge on any atom is 0.243 e. The standard InChI is InChI=1S/C11H9N5S/c1-8-5-7-16-10(12-8)14-11-13-9-4-2-3-6-15(9)17(11)16/h2-7H,1H3. The van der Waals surface area contributed by atoms with E-state index in [0.29, 0.717) is 0 Å². The Morgan fingerprint density at radius 2 is 1.94 bits per heavy atom. The monoisotopic (exact) mass is 243 g/mol. The zero-order chi connectivity index (χ0) is 11.4. The number of rotatable bonds is 0. The van der Waals surface area contributed by atoms with E-state index in [1.807, 2.05) is 43.6 Å². The van der Waals surface area contributed by atoms with Crippen LogP contribution in [0.25, 0.3) is 0 Å². The number of hydrogen-bond acceptors (Lipinski definition) is 5. The van der Waals surface area contributed by atoms with Gasteiger partial charge < -0.3 is 0 Å². The van der Waals surface area contributed by atoms with Crippen LogP contribution >= 0.6 is 10.9 Å². The van der Waals surface area contributed by atoms with Crippen LogP contribution in [0.15, 0.2) is 51.7 Å². The van der Waals surface area contributed by atoms with Gasteiger partial charge in [0.25, 0.3) is 0 Å². The van der Waals surface area contributed by atoms with Crippen molar-refractivity contribution in [2.24, 2.45) is 15.0 Å². The van der Waals surface area contributed by atoms with Gasteiger partial charge in [0.2, 0.25) is 11.1 Å². The molecule has 4 rings (SSSR count). The van der Waals surface area contributed by atoms with E-state index in [2.05, 4.69) is 23.6 Å². The summed E-state index contributed by atoms with van der Waals surface area (Å²) in [5.41, 5.74) is 0.976. The maximum atomic E-state index is 4.52. The molecular formula is C11H9N5S. The summed E-state index contributed by atoms with van der Waals surface area (Å²) in [5.74, 6) is 1.70. The van der Waals surface area contributed by atoms with Crippen LogP contribution in [0.4, 0.5) is 0 Å². The van der Waals surface area contributed by atoms with Gasteiger partial charge in [-0.3, -0.25) is 4.31 Å². The second kappa shape index (κ2) is 3.04. The normalized spacial score (nSPS) is 27.7. The van der Waals surface area contributed by atoms with Crippen molar-refractivity contribution in [3.8, 4) is 0 Å². The summed E-state index contributed by atoms with van der Waals surface area (Å²) in [4.78, 5) is 13.4. The third-order valence-corrected chi connectivity index (χ3v) is 4.52. The first-order chi connectivity index (χ1) is 8.33. The highest BCUT2D eigenvalue weighted by molar-refractivity contribution is 8.13. The Morgan fingerprint density at radius 1 is 1.00 bits per heavy atom. The van der Waals surface area contributed by atoms with Crippen molar-refractivity contribution in [1.29, 1.82) is 0 Å². The molecule has 0 aromatic heterocycles. The Kier molecular flexibility index (Phi) is 1.63. The molecule has 0 aromatic rings. The average Bonchev–Trinajstić information content (AvgIpc) is 2.83. The predicted molar refractivity (Wildman–Crippen MR) is 71.7 cm³/mol. The molecule has 0 radical (unpaired) electrons. The minimum Gasteiger partial charge on any atom is -0.261 e. The molecular weight excluding hydrogens is 234 g/mol. The average molecular weight is 243 g/mol. The number of fused-ring (bicyclic) bond motifs is 4. The Balaban J connectivity index is 1.83. The lowest BCUT2D eigenvalue weighted by Crippen LogP contribution is -2.27. The van der Waals surface area contributed by atoms with Crippen LogP contribution in [0.5, 0.6) is 0 Å². The van der Waals surface area contributed by atoms with Crippen LogP contribution in [0.1, 0.15) is 6.92 Å². The smallest absolute Gasteiger partial charge is 0.243 e. The molecule has 0 fully saturated rings. The molecule has 0 N–H and O–H groups in total. The van der Waals surface area contributed by atoms with Crippen molar-refractivity contribution >= 4 is 33.5 Å². The molecule has 4 aliphatic rings. The van der Waals surface area contributed by atoms with Crippen molar-refractivity contribution < 1.29 is 0 Å². The first-order valence-corrected chi connectivity index (χ1v) is 6.42. The molecule has 0 aromatic carbocycles. The first-order valence-electron chi connectivity index (χ1n) is 5.29. The molecule has 84 valence electrons. The second-order valence-corrected chi connectivity index (χ2v) is 5.53. The molecule has 17 heavy (non-hydrogen) atoms. The summed E-state index contributed by atoms with van der Waals surface area (Å²) in [5, 5.41) is 0.842. The number of amidine groups is 1. The molecule has 0 saturated carbocycles. The maximum absolute atomic E-state index is 4.52. The summed E-state index contributed by atoms with van der Waals surface area (Å²) in [6.07, 6.45) is 12.1. The van der Waals surface area contributed by atoms with Gasteiger partial charge in [0, 0.05) is 18.1 Å². The fourth-order valence-corrected chi connectivity index (χ4v) is 3.67. The highest BCUT2D eigenvalue weighted by atomic mass is 32.2. The first kappa shape index (κ1) is 9.12. The molecule has 1 atom stereocenters. The van der Waals surface area contributed by atoms with E-state index in [1.165, 1.54) is 0 Å². The van der Waals surface area contributed by atoms with Crippen molar-refractivity contribution in [3.63, 3.8) is 0 Å². The number of nitrogens with zero attached hydrogens (tertiary/aromatic N) is 5. The summed E-state index contributed by atoms with van der Waals surface area (Å²) in [7, 11) is -0.272. The Hall–Kier alpha value is -1.95. The number of hydrogen-bond donors (Lipinski definition) is 0. The van der Waals surface area contributed by atoms with E-state index < -0.39 is 0 Å². The van der Waals surface area contributed by atoms with Gasteiger partial charge in [0.05, 0.1) is 10.9 Å². The number of aliphatic imine (C=N–C) groups is 3. The molecule has 0 amide bonds. The fraction of sp³-hybridized carbons (Fsp3) is 0.0909. The largest absolute Gasteiger partial charge is 0.261 e.